The lowest BCUT2D eigenvalue weighted by atomic mass is 10.2. The number of carbonyl (C=O) groups is 1. The van der Waals surface area contributed by atoms with Gasteiger partial charge in [0, 0.05) is 25.5 Å². The predicted molar refractivity (Wildman–Crippen MR) is 102 cm³/mol. The number of carbonyl (C=O) groups excluding carboxylic acids is 1. The molecule has 3 aromatic rings. The topological polar surface area (TPSA) is 88.2 Å². The molecule has 28 heavy (non-hydrogen) atoms. The Labute approximate surface area is 162 Å². The molecule has 1 aromatic heterocycles. The van der Waals surface area contributed by atoms with E-state index >= 15 is 0 Å². The minimum Gasteiger partial charge on any atom is -0.348 e. The van der Waals surface area contributed by atoms with E-state index in [1.54, 1.807) is 36.5 Å². The molecule has 2 aromatic carbocycles. The third kappa shape index (κ3) is 5.21. The van der Waals surface area contributed by atoms with Crippen LogP contribution in [0.1, 0.15) is 21.5 Å². The molecule has 0 atom stereocenters. The summed E-state index contributed by atoms with van der Waals surface area (Å²) in [5.74, 6) is -0.728. The van der Waals surface area contributed by atoms with Gasteiger partial charge in [0.25, 0.3) is 5.91 Å². The molecule has 0 unspecified atom stereocenters. The molecule has 1 heterocycles. The fourth-order valence-electron chi connectivity index (χ4n) is 2.51. The van der Waals surface area contributed by atoms with Crippen molar-refractivity contribution >= 4 is 15.9 Å². The highest BCUT2D eigenvalue weighted by Crippen LogP contribution is 2.13. The number of pyridine rings is 1. The summed E-state index contributed by atoms with van der Waals surface area (Å²) < 4.78 is 40.7. The zero-order valence-corrected chi connectivity index (χ0v) is 15.6. The van der Waals surface area contributed by atoms with Crippen molar-refractivity contribution in [1.29, 1.82) is 0 Å². The molecule has 0 aliphatic rings. The highest BCUT2D eigenvalue weighted by Gasteiger charge is 2.14. The Hall–Kier alpha value is -3.10. The van der Waals surface area contributed by atoms with Gasteiger partial charge in [0.2, 0.25) is 10.0 Å². The average molecular weight is 399 g/mol. The van der Waals surface area contributed by atoms with Crippen molar-refractivity contribution in [3.63, 3.8) is 0 Å². The van der Waals surface area contributed by atoms with Crippen LogP contribution < -0.4 is 10.0 Å². The second-order valence-corrected chi connectivity index (χ2v) is 7.79. The van der Waals surface area contributed by atoms with E-state index in [0.717, 1.165) is 0 Å². The lowest BCUT2D eigenvalue weighted by Crippen LogP contribution is -2.24. The Bertz CT molecular complexity index is 1070. The van der Waals surface area contributed by atoms with Crippen LogP contribution in [0, 0.1) is 5.82 Å². The lowest BCUT2D eigenvalue weighted by Gasteiger charge is -2.10. The maximum absolute atomic E-state index is 13.2. The molecular weight excluding hydrogens is 381 g/mol. The first-order valence-electron chi connectivity index (χ1n) is 8.45. The largest absolute Gasteiger partial charge is 0.348 e. The van der Waals surface area contributed by atoms with E-state index < -0.39 is 15.8 Å². The number of halogens is 1. The number of rotatable bonds is 7. The normalized spacial score (nSPS) is 11.2. The summed E-state index contributed by atoms with van der Waals surface area (Å²) >= 11 is 0. The van der Waals surface area contributed by atoms with Crippen molar-refractivity contribution in [3.05, 3.63) is 95.6 Å². The van der Waals surface area contributed by atoms with Crippen LogP contribution in [0.15, 0.2) is 78.0 Å². The Morgan fingerprint density at radius 2 is 1.71 bits per heavy atom. The van der Waals surface area contributed by atoms with Crippen LogP contribution in [0.4, 0.5) is 4.39 Å². The Morgan fingerprint density at radius 1 is 0.964 bits per heavy atom. The fourth-order valence-corrected chi connectivity index (χ4v) is 3.60. The van der Waals surface area contributed by atoms with Gasteiger partial charge in [-0.25, -0.2) is 17.5 Å². The van der Waals surface area contributed by atoms with Crippen molar-refractivity contribution in [3.8, 4) is 0 Å². The third-order valence-electron chi connectivity index (χ3n) is 3.94. The third-order valence-corrected chi connectivity index (χ3v) is 5.34. The van der Waals surface area contributed by atoms with Crippen LogP contribution in [-0.2, 0) is 23.1 Å². The van der Waals surface area contributed by atoms with Crippen molar-refractivity contribution in [2.75, 3.05) is 0 Å². The maximum atomic E-state index is 13.2. The van der Waals surface area contributed by atoms with Gasteiger partial charge in [0.15, 0.2) is 0 Å². The first kappa shape index (κ1) is 19.7. The second kappa shape index (κ2) is 8.73. The van der Waals surface area contributed by atoms with Gasteiger partial charge in [-0.1, -0.05) is 24.3 Å². The molecule has 0 aliphatic heterocycles. The van der Waals surface area contributed by atoms with Gasteiger partial charge in [0.05, 0.1) is 10.5 Å². The van der Waals surface area contributed by atoms with Crippen molar-refractivity contribution in [2.45, 2.75) is 18.0 Å². The maximum Gasteiger partial charge on any atom is 0.253 e. The van der Waals surface area contributed by atoms with Crippen LogP contribution in [0.25, 0.3) is 0 Å². The molecule has 0 bridgehead atoms. The smallest absolute Gasteiger partial charge is 0.253 e. The number of sulfonamides is 1. The molecule has 0 saturated heterocycles. The number of hydrogen-bond acceptors (Lipinski definition) is 4. The van der Waals surface area contributed by atoms with E-state index in [4.69, 9.17) is 0 Å². The van der Waals surface area contributed by atoms with Gasteiger partial charge in [-0.15, -0.1) is 0 Å². The zero-order chi connectivity index (χ0) is 20.0. The van der Waals surface area contributed by atoms with E-state index in [0.29, 0.717) is 16.7 Å². The Balaban J connectivity index is 1.65. The van der Waals surface area contributed by atoms with Gasteiger partial charge < -0.3 is 5.32 Å². The van der Waals surface area contributed by atoms with Crippen LogP contribution in [0.5, 0.6) is 0 Å². The van der Waals surface area contributed by atoms with Crippen LogP contribution in [0.3, 0.4) is 0 Å². The predicted octanol–water partition coefficient (Wildman–Crippen LogP) is 2.63. The van der Waals surface area contributed by atoms with E-state index in [1.165, 1.54) is 36.5 Å². The Morgan fingerprint density at radius 3 is 2.43 bits per heavy atom. The quantitative estimate of drug-likeness (QED) is 0.639. The summed E-state index contributed by atoms with van der Waals surface area (Å²) in [6.07, 6.45) is 3.02. The van der Waals surface area contributed by atoms with Crippen molar-refractivity contribution < 1.29 is 17.6 Å². The van der Waals surface area contributed by atoms with E-state index in [2.05, 4.69) is 15.0 Å². The van der Waals surface area contributed by atoms with E-state index in [1.807, 2.05) is 0 Å². The van der Waals surface area contributed by atoms with Gasteiger partial charge in [-0.3, -0.25) is 9.78 Å². The first-order valence-corrected chi connectivity index (χ1v) is 9.94. The number of benzene rings is 2. The summed E-state index contributed by atoms with van der Waals surface area (Å²) in [6, 6.07) is 15.3. The molecule has 0 fully saturated rings. The lowest BCUT2D eigenvalue weighted by molar-refractivity contribution is 0.0950. The molecule has 3 rings (SSSR count). The van der Waals surface area contributed by atoms with Gasteiger partial charge >= 0.3 is 0 Å². The van der Waals surface area contributed by atoms with Gasteiger partial charge in [-0.2, -0.15) is 0 Å². The van der Waals surface area contributed by atoms with Crippen molar-refractivity contribution in [2.24, 2.45) is 0 Å². The minimum absolute atomic E-state index is 0.0257. The van der Waals surface area contributed by atoms with Crippen molar-refractivity contribution in [1.82, 2.24) is 15.0 Å². The van der Waals surface area contributed by atoms with Gasteiger partial charge in [0.1, 0.15) is 5.82 Å². The summed E-state index contributed by atoms with van der Waals surface area (Å²) in [5, 5.41) is 2.72. The molecule has 0 radical (unpaired) electrons. The SMILES string of the molecule is O=C(NCc1cccc(S(=O)(=O)NCc2cccc(F)c2)c1)c1cccnc1. The summed E-state index contributed by atoms with van der Waals surface area (Å²) in [4.78, 5) is 16.0. The average Bonchev–Trinajstić information content (AvgIpc) is 2.71. The summed E-state index contributed by atoms with van der Waals surface area (Å²) in [5.41, 5.74) is 1.57. The number of nitrogens with one attached hydrogen (secondary N) is 2. The number of aromatic nitrogens is 1. The van der Waals surface area contributed by atoms with Crippen LogP contribution in [0.2, 0.25) is 0 Å². The van der Waals surface area contributed by atoms with E-state index in [-0.39, 0.29) is 23.9 Å². The monoisotopic (exact) mass is 399 g/mol. The number of hydrogen-bond donors (Lipinski definition) is 2. The number of amides is 1. The number of nitrogens with zero attached hydrogens (tertiary/aromatic N) is 1. The second-order valence-electron chi connectivity index (χ2n) is 6.03. The first-order chi connectivity index (χ1) is 13.4. The molecule has 144 valence electrons. The Kier molecular flexibility index (Phi) is 6.13. The van der Waals surface area contributed by atoms with Crippen LogP contribution >= 0.6 is 0 Å². The highest BCUT2D eigenvalue weighted by molar-refractivity contribution is 7.89. The van der Waals surface area contributed by atoms with Gasteiger partial charge in [-0.05, 0) is 47.5 Å². The fraction of sp³-hybridized carbons (Fsp3) is 0.100. The molecule has 0 saturated carbocycles. The van der Waals surface area contributed by atoms with Crippen LogP contribution in [-0.4, -0.2) is 19.3 Å². The molecule has 2 N–H and O–H groups in total. The molecule has 8 heteroatoms. The summed E-state index contributed by atoms with van der Waals surface area (Å²) in [6.45, 7) is 0.142. The molecule has 1 amide bonds. The molecule has 0 spiro atoms. The zero-order valence-electron chi connectivity index (χ0n) is 14.8. The highest BCUT2D eigenvalue weighted by atomic mass is 32.2. The van der Waals surface area contributed by atoms with E-state index in [9.17, 15) is 17.6 Å². The minimum atomic E-state index is -3.78. The summed E-state index contributed by atoms with van der Waals surface area (Å²) in [7, 11) is -3.78. The molecule has 0 aliphatic carbocycles. The molecular formula is C20H18FN3O3S. The standard InChI is InChI=1S/C20H18FN3O3S/c21-18-7-1-4-15(10-18)13-24-28(26,27)19-8-2-5-16(11-19)12-23-20(25)17-6-3-9-22-14-17/h1-11,14,24H,12-13H2,(H,23,25). The molecule has 6 nitrogen and oxygen atoms in total.